The molecule has 3 rings (SSSR count). The standard InChI is InChI=1S/C14H10F3N3O2/c1-20-11(6-10(19-20)13(21)22)7-3-2-4-9-8(7)5-12(18-9)14(15,16)17/h2-6,18H,1H3,(H,21,22). The predicted molar refractivity (Wildman–Crippen MR) is 72.5 cm³/mol. The first-order valence-corrected chi connectivity index (χ1v) is 6.24. The van der Waals surface area contributed by atoms with Gasteiger partial charge in [-0.1, -0.05) is 12.1 Å². The number of hydrogen-bond donors (Lipinski definition) is 2. The molecule has 8 heteroatoms. The maximum atomic E-state index is 12.8. The summed E-state index contributed by atoms with van der Waals surface area (Å²) in [4.78, 5) is 13.3. The molecule has 114 valence electrons. The third-order valence-corrected chi connectivity index (χ3v) is 3.34. The summed E-state index contributed by atoms with van der Waals surface area (Å²) in [5, 5.41) is 13.2. The lowest BCUT2D eigenvalue weighted by molar-refractivity contribution is -0.140. The highest BCUT2D eigenvalue weighted by molar-refractivity contribution is 5.96. The van der Waals surface area contributed by atoms with Crippen LogP contribution in [0.25, 0.3) is 22.2 Å². The van der Waals surface area contributed by atoms with Gasteiger partial charge in [-0.3, -0.25) is 4.68 Å². The number of halogens is 3. The van der Waals surface area contributed by atoms with E-state index < -0.39 is 17.8 Å². The Hall–Kier alpha value is -2.77. The SMILES string of the molecule is Cn1nc(C(=O)O)cc1-c1cccc2[nH]c(C(F)(F)F)cc12. The highest BCUT2D eigenvalue weighted by atomic mass is 19.4. The van der Waals surface area contributed by atoms with Crippen LogP contribution < -0.4 is 0 Å². The second-order valence-electron chi connectivity index (χ2n) is 4.79. The Balaban J connectivity index is 2.23. The zero-order valence-electron chi connectivity index (χ0n) is 11.3. The Morgan fingerprint density at radius 2 is 2.05 bits per heavy atom. The molecule has 3 aromatic rings. The molecule has 5 nitrogen and oxygen atoms in total. The number of aromatic carboxylic acids is 1. The van der Waals surface area contributed by atoms with Gasteiger partial charge in [-0.05, 0) is 18.2 Å². The fourth-order valence-corrected chi connectivity index (χ4v) is 2.36. The molecule has 0 fully saturated rings. The number of carbonyl (C=O) groups is 1. The van der Waals surface area contributed by atoms with Crippen molar-refractivity contribution in [3.05, 3.63) is 41.7 Å². The molecular weight excluding hydrogens is 299 g/mol. The zero-order valence-corrected chi connectivity index (χ0v) is 11.3. The number of benzene rings is 1. The lowest BCUT2D eigenvalue weighted by Crippen LogP contribution is -2.04. The number of alkyl halides is 3. The molecular formula is C14H10F3N3O2. The van der Waals surface area contributed by atoms with Crippen LogP contribution >= 0.6 is 0 Å². The normalized spacial score (nSPS) is 12.0. The lowest BCUT2D eigenvalue weighted by Gasteiger charge is -2.03. The molecule has 0 bridgehead atoms. The second kappa shape index (κ2) is 4.62. The van der Waals surface area contributed by atoms with Crippen molar-refractivity contribution in [3.63, 3.8) is 0 Å². The van der Waals surface area contributed by atoms with Crippen molar-refractivity contribution in [1.82, 2.24) is 14.8 Å². The van der Waals surface area contributed by atoms with Gasteiger partial charge in [0.1, 0.15) is 5.69 Å². The van der Waals surface area contributed by atoms with E-state index in [2.05, 4.69) is 10.1 Å². The van der Waals surface area contributed by atoms with Gasteiger partial charge in [-0.25, -0.2) is 4.79 Å². The van der Waals surface area contributed by atoms with Crippen molar-refractivity contribution in [3.8, 4) is 11.3 Å². The fraction of sp³-hybridized carbons (Fsp3) is 0.143. The van der Waals surface area contributed by atoms with Gasteiger partial charge in [-0.15, -0.1) is 0 Å². The van der Waals surface area contributed by atoms with E-state index in [1.165, 1.54) is 23.9 Å². The second-order valence-corrected chi connectivity index (χ2v) is 4.79. The van der Waals surface area contributed by atoms with E-state index in [0.29, 0.717) is 22.2 Å². The quantitative estimate of drug-likeness (QED) is 0.763. The summed E-state index contributed by atoms with van der Waals surface area (Å²) in [6, 6.07) is 7.10. The van der Waals surface area contributed by atoms with Gasteiger partial charge in [0.05, 0.1) is 5.69 Å². The van der Waals surface area contributed by atoms with Crippen molar-refractivity contribution < 1.29 is 23.1 Å². The molecule has 22 heavy (non-hydrogen) atoms. The number of nitrogens with zero attached hydrogens (tertiary/aromatic N) is 2. The molecule has 0 saturated carbocycles. The molecule has 0 aliphatic rings. The number of hydrogen-bond acceptors (Lipinski definition) is 2. The highest BCUT2D eigenvalue weighted by Crippen LogP contribution is 2.35. The van der Waals surface area contributed by atoms with Crippen LogP contribution in [-0.2, 0) is 13.2 Å². The van der Waals surface area contributed by atoms with Crippen molar-refractivity contribution in [2.45, 2.75) is 6.18 Å². The number of fused-ring (bicyclic) bond motifs is 1. The van der Waals surface area contributed by atoms with Gasteiger partial charge in [-0.2, -0.15) is 18.3 Å². The predicted octanol–water partition coefficient (Wildman–Crippen LogP) is 3.29. The average molecular weight is 309 g/mol. The number of nitrogens with one attached hydrogen (secondary N) is 1. The summed E-state index contributed by atoms with van der Waals surface area (Å²) < 4.78 is 39.8. The maximum absolute atomic E-state index is 12.8. The molecule has 1 aromatic carbocycles. The smallest absolute Gasteiger partial charge is 0.431 e. The molecule has 0 amide bonds. The summed E-state index contributed by atoms with van der Waals surface area (Å²) in [6.45, 7) is 0. The number of aryl methyl sites for hydroxylation is 1. The molecule has 0 saturated heterocycles. The molecule has 0 spiro atoms. The van der Waals surface area contributed by atoms with Crippen LogP contribution in [0, 0.1) is 0 Å². The monoisotopic (exact) mass is 309 g/mol. The minimum atomic E-state index is -4.48. The fourth-order valence-electron chi connectivity index (χ4n) is 2.36. The Morgan fingerprint density at radius 1 is 1.32 bits per heavy atom. The van der Waals surface area contributed by atoms with Crippen LogP contribution in [0.3, 0.4) is 0 Å². The Kier molecular flexibility index (Phi) is 2.98. The van der Waals surface area contributed by atoms with Crippen molar-refractivity contribution >= 4 is 16.9 Å². The van der Waals surface area contributed by atoms with Crippen molar-refractivity contribution in [1.29, 1.82) is 0 Å². The number of aromatic nitrogens is 3. The third-order valence-electron chi connectivity index (χ3n) is 3.34. The summed E-state index contributed by atoms with van der Waals surface area (Å²) >= 11 is 0. The van der Waals surface area contributed by atoms with Crippen LogP contribution in [0.1, 0.15) is 16.2 Å². The number of rotatable bonds is 2. The molecule has 2 N–H and O–H groups in total. The first kappa shape index (κ1) is 14.2. The zero-order chi connectivity index (χ0) is 16.1. The van der Waals surface area contributed by atoms with Gasteiger partial charge < -0.3 is 10.1 Å². The van der Waals surface area contributed by atoms with Gasteiger partial charge in [0, 0.05) is 23.5 Å². The van der Waals surface area contributed by atoms with E-state index in [1.807, 2.05) is 0 Å². The van der Waals surface area contributed by atoms with E-state index in [9.17, 15) is 18.0 Å². The van der Waals surface area contributed by atoms with Gasteiger partial charge >= 0.3 is 12.1 Å². The summed E-state index contributed by atoms with van der Waals surface area (Å²) in [6.07, 6.45) is -4.48. The summed E-state index contributed by atoms with van der Waals surface area (Å²) in [5.41, 5.74) is 0.210. The first-order chi connectivity index (χ1) is 10.3. The summed E-state index contributed by atoms with van der Waals surface area (Å²) in [7, 11) is 1.54. The molecule has 0 unspecified atom stereocenters. The van der Waals surface area contributed by atoms with E-state index in [4.69, 9.17) is 5.11 Å². The number of H-pyrrole nitrogens is 1. The molecule has 2 heterocycles. The van der Waals surface area contributed by atoms with Crippen molar-refractivity contribution in [2.24, 2.45) is 7.05 Å². The van der Waals surface area contributed by atoms with Gasteiger partial charge in [0.25, 0.3) is 0 Å². The Morgan fingerprint density at radius 3 is 2.64 bits per heavy atom. The molecule has 0 atom stereocenters. The Bertz CT molecular complexity index is 877. The lowest BCUT2D eigenvalue weighted by atomic mass is 10.1. The van der Waals surface area contributed by atoms with Crippen LogP contribution in [0.5, 0.6) is 0 Å². The first-order valence-electron chi connectivity index (χ1n) is 6.24. The maximum Gasteiger partial charge on any atom is 0.431 e. The minimum absolute atomic E-state index is 0.166. The number of carboxylic acids is 1. The van der Waals surface area contributed by atoms with Gasteiger partial charge in [0.2, 0.25) is 0 Å². The van der Waals surface area contributed by atoms with Crippen LogP contribution in [-0.4, -0.2) is 25.8 Å². The highest BCUT2D eigenvalue weighted by Gasteiger charge is 2.33. The van der Waals surface area contributed by atoms with E-state index in [1.54, 1.807) is 12.1 Å². The molecule has 0 aliphatic carbocycles. The van der Waals surface area contributed by atoms with E-state index in [-0.39, 0.29) is 5.69 Å². The van der Waals surface area contributed by atoms with E-state index >= 15 is 0 Å². The van der Waals surface area contributed by atoms with Crippen molar-refractivity contribution in [2.75, 3.05) is 0 Å². The van der Waals surface area contributed by atoms with Crippen LogP contribution in [0.4, 0.5) is 13.2 Å². The molecule has 0 radical (unpaired) electrons. The number of aromatic amines is 1. The number of carboxylic acid groups (broad SMARTS) is 1. The topological polar surface area (TPSA) is 70.9 Å². The van der Waals surface area contributed by atoms with E-state index in [0.717, 1.165) is 6.07 Å². The largest absolute Gasteiger partial charge is 0.476 e. The Labute approximate surface area is 122 Å². The molecule has 0 aliphatic heterocycles. The van der Waals surface area contributed by atoms with Gasteiger partial charge in [0.15, 0.2) is 5.69 Å². The van der Waals surface area contributed by atoms with Crippen LogP contribution in [0.2, 0.25) is 0 Å². The third kappa shape index (κ3) is 2.22. The minimum Gasteiger partial charge on any atom is -0.476 e. The average Bonchev–Trinajstić information content (AvgIpc) is 3.01. The van der Waals surface area contributed by atoms with Crippen LogP contribution in [0.15, 0.2) is 30.3 Å². The molecule has 2 aromatic heterocycles. The summed E-state index contributed by atoms with van der Waals surface area (Å²) in [5.74, 6) is -1.20.